The Morgan fingerprint density at radius 2 is 1.81 bits per heavy atom. The quantitative estimate of drug-likeness (QED) is 0.886. The molecule has 1 aromatic carbocycles. The third-order valence-electron chi connectivity index (χ3n) is 3.44. The van der Waals surface area contributed by atoms with Gasteiger partial charge >= 0.3 is 0 Å². The van der Waals surface area contributed by atoms with E-state index < -0.39 is 0 Å². The average Bonchev–Trinajstić information content (AvgIpc) is 2.49. The molecule has 0 aliphatic heterocycles. The van der Waals surface area contributed by atoms with Crippen molar-refractivity contribution in [2.45, 2.75) is 32.9 Å². The van der Waals surface area contributed by atoms with E-state index in [1.54, 1.807) is 0 Å². The van der Waals surface area contributed by atoms with Crippen LogP contribution in [0.3, 0.4) is 0 Å². The summed E-state index contributed by atoms with van der Waals surface area (Å²) in [4.78, 5) is 6.92. The highest BCUT2D eigenvalue weighted by molar-refractivity contribution is 9.10. The summed E-state index contributed by atoms with van der Waals surface area (Å²) >= 11 is 3.46. The number of benzene rings is 1. The molecule has 0 unspecified atom stereocenters. The first kappa shape index (κ1) is 16.0. The molecule has 112 valence electrons. The summed E-state index contributed by atoms with van der Waals surface area (Å²) in [6, 6.07) is 12.5. The maximum atomic E-state index is 5.81. The lowest BCUT2D eigenvalue weighted by Crippen LogP contribution is -2.19. The van der Waals surface area contributed by atoms with Crippen molar-refractivity contribution in [3.8, 4) is 0 Å². The zero-order valence-electron chi connectivity index (χ0n) is 12.8. The van der Waals surface area contributed by atoms with E-state index in [0.717, 1.165) is 28.1 Å². The number of hydrogen-bond donors (Lipinski definition) is 1. The molecule has 0 bridgehead atoms. The van der Waals surface area contributed by atoms with Gasteiger partial charge in [-0.15, -0.1) is 0 Å². The predicted octanol–water partition coefficient (Wildman–Crippen LogP) is 4.06. The second kappa shape index (κ2) is 7.05. The summed E-state index contributed by atoms with van der Waals surface area (Å²) in [6.07, 6.45) is 0. The van der Waals surface area contributed by atoms with Crippen LogP contribution in [0.15, 0.2) is 40.9 Å². The van der Waals surface area contributed by atoms with Gasteiger partial charge in [0.1, 0.15) is 5.82 Å². The largest absolute Gasteiger partial charge is 0.355 e. The molecule has 4 heteroatoms. The lowest BCUT2D eigenvalue weighted by atomic mass is 10.1. The molecule has 0 atom stereocenters. The van der Waals surface area contributed by atoms with Gasteiger partial charge < -0.3 is 10.6 Å². The maximum absolute atomic E-state index is 5.81. The molecular weight excluding hydrogens is 326 g/mol. The van der Waals surface area contributed by atoms with Crippen LogP contribution >= 0.6 is 15.9 Å². The van der Waals surface area contributed by atoms with Gasteiger partial charge in [0.2, 0.25) is 0 Å². The molecule has 0 radical (unpaired) electrons. The van der Waals surface area contributed by atoms with Gasteiger partial charge in [-0.3, -0.25) is 0 Å². The molecule has 1 aromatic heterocycles. The second-order valence-corrected chi connectivity index (χ2v) is 6.52. The van der Waals surface area contributed by atoms with Crippen molar-refractivity contribution in [2.24, 2.45) is 5.73 Å². The number of halogens is 1. The number of aromatic nitrogens is 1. The van der Waals surface area contributed by atoms with Crippen molar-refractivity contribution in [1.82, 2.24) is 4.98 Å². The smallest absolute Gasteiger partial charge is 0.129 e. The van der Waals surface area contributed by atoms with Crippen LogP contribution in [0.2, 0.25) is 0 Å². The zero-order chi connectivity index (χ0) is 15.4. The minimum atomic E-state index is 0.399. The van der Waals surface area contributed by atoms with E-state index >= 15 is 0 Å². The molecule has 2 rings (SSSR count). The molecule has 0 saturated heterocycles. The number of nitrogens with zero attached hydrogens (tertiary/aromatic N) is 2. The Morgan fingerprint density at radius 1 is 1.14 bits per heavy atom. The fraction of sp³-hybridized carbons (Fsp3) is 0.353. The first-order valence-corrected chi connectivity index (χ1v) is 7.95. The molecule has 2 aromatic rings. The number of rotatable bonds is 5. The number of hydrogen-bond acceptors (Lipinski definition) is 3. The monoisotopic (exact) mass is 347 g/mol. The topological polar surface area (TPSA) is 42.1 Å². The molecule has 0 spiro atoms. The zero-order valence-corrected chi connectivity index (χ0v) is 14.4. The van der Waals surface area contributed by atoms with Crippen LogP contribution in [-0.2, 0) is 13.1 Å². The summed E-state index contributed by atoms with van der Waals surface area (Å²) in [7, 11) is 2.06. The first-order valence-electron chi connectivity index (χ1n) is 7.16. The van der Waals surface area contributed by atoms with Gasteiger partial charge in [-0.2, -0.15) is 0 Å². The summed E-state index contributed by atoms with van der Waals surface area (Å²) < 4.78 is 1.10. The van der Waals surface area contributed by atoms with Crippen LogP contribution in [-0.4, -0.2) is 12.0 Å². The van der Waals surface area contributed by atoms with Gasteiger partial charge in [-0.05, 0) is 41.3 Å². The van der Waals surface area contributed by atoms with Gasteiger partial charge in [0.25, 0.3) is 0 Å². The second-order valence-electron chi connectivity index (χ2n) is 5.60. The van der Waals surface area contributed by atoms with Gasteiger partial charge in [0.15, 0.2) is 0 Å². The Balaban J connectivity index is 2.23. The normalized spacial score (nSPS) is 11.0. The standard InChI is InChI=1S/C17H22BrN3/c1-12(2)16-8-14(10-19)9-17(20-16)21(3)11-13-4-6-15(18)7-5-13/h4-9,12H,10-11,19H2,1-3H3. The van der Waals surface area contributed by atoms with E-state index in [9.17, 15) is 0 Å². The van der Waals surface area contributed by atoms with Crippen LogP contribution in [0.5, 0.6) is 0 Å². The van der Waals surface area contributed by atoms with Crippen molar-refractivity contribution in [2.75, 3.05) is 11.9 Å². The van der Waals surface area contributed by atoms with Crippen LogP contribution in [0.1, 0.15) is 36.6 Å². The number of anilines is 1. The summed E-state index contributed by atoms with van der Waals surface area (Å²) in [6.45, 7) is 5.68. The van der Waals surface area contributed by atoms with E-state index in [2.05, 4.69) is 78.1 Å². The lowest BCUT2D eigenvalue weighted by molar-refractivity contribution is 0.800. The van der Waals surface area contributed by atoms with Gasteiger partial charge in [0.05, 0.1) is 0 Å². The van der Waals surface area contributed by atoms with Crippen LogP contribution in [0.4, 0.5) is 5.82 Å². The van der Waals surface area contributed by atoms with Gasteiger partial charge in [-0.1, -0.05) is 41.9 Å². The number of nitrogens with two attached hydrogens (primary N) is 1. The molecule has 0 aliphatic rings. The maximum Gasteiger partial charge on any atom is 0.129 e. The fourth-order valence-electron chi connectivity index (χ4n) is 2.15. The lowest BCUT2D eigenvalue weighted by Gasteiger charge is -2.21. The average molecular weight is 348 g/mol. The highest BCUT2D eigenvalue weighted by Crippen LogP contribution is 2.21. The van der Waals surface area contributed by atoms with Crippen LogP contribution in [0.25, 0.3) is 0 Å². The first-order chi connectivity index (χ1) is 9.99. The third kappa shape index (κ3) is 4.29. The van der Waals surface area contributed by atoms with E-state index in [1.165, 1.54) is 5.56 Å². The predicted molar refractivity (Wildman–Crippen MR) is 92.5 cm³/mol. The summed E-state index contributed by atoms with van der Waals surface area (Å²) in [5, 5.41) is 0. The van der Waals surface area contributed by atoms with Crippen molar-refractivity contribution in [3.63, 3.8) is 0 Å². The van der Waals surface area contributed by atoms with Crippen molar-refractivity contribution >= 4 is 21.7 Å². The van der Waals surface area contributed by atoms with E-state index in [4.69, 9.17) is 10.7 Å². The number of pyridine rings is 1. The Bertz CT molecular complexity index is 593. The van der Waals surface area contributed by atoms with Gasteiger partial charge in [0, 0.05) is 30.3 Å². The Labute approximate surface area is 135 Å². The summed E-state index contributed by atoms with van der Waals surface area (Å²) in [5.41, 5.74) is 9.29. The molecular formula is C17H22BrN3. The molecule has 21 heavy (non-hydrogen) atoms. The SMILES string of the molecule is CC(C)c1cc(CN)cc(N(C)Cc2ccc(Br)cc2)n1. The highest BCUT2D eigenvalue weighted by atomic mass is 79.9. The highest BCUT2D eigenvalue weighted by Gasteiger charge is 2.09. The Kier molecular flexibility index (Phi) is 5.37. The van der Waals surface area contributed by atoms with Crippen molar-refractivity contribution in [1.29, 1.82) is 0 Å². The van der Waals surface area contributed by atoms with Crippen molar-refractivity contribution in [3.05, 3.63) is 57.7 Å². The molecule has 0 fully saturated rings. The molecule has 0 amide bonds. The molecule has 2 N–H and O–H groups in total. The van der Waals surface area contributed by atoms with Gasteiger partial charge in [-0.25, -0.2) is 4.98 Å². The molecule has 1 heterocycles. The molecule has 0 saturated carbocycles. The van der Waals surface area contributed by atoms with Crippen LogP contribution < -0.4 is 10.6 Å². The fourth-order valence-corrected chi connectivity index (χ4v) is 2.41. The van der Waals surface area contributed by atoms with Crippen molar-refractivity contribution < 1.29 is 0 Å². The Hall–Kier alpha value is -1.39. The third-order valence-corrected chi connectivity index (χ3v) is 3.97. The van der Waals surface area contributed by atoms with E-state index in [1.807, 2.05) is 0 Å². The Morgan fingerprint density at radius 3 is 2.38 bits per heavy atom. The molecule has 3 nitrogen and oxygen atoms in total. The van der Waals surface area contributed by atoms with E-state index in [0.29, 0.717) is 12.5 Å². The molecule has 0 aliphatic carbocycles. The summed E-state index contributed by atoms with van der Waals surface area (Å²) in [5.74, 6) is 1.38. The minimum absolute atomic E-state index is 0.399. The van der Waals surface area contributed by atoms with Crippen LogP contribution in [0, 0.1) is 0 Å². The minimum Gasteiger partial charge on any atom is -0.355 e. The van der Waals surface area contributed by atoms with E-state index in [-0.39, 0.29) is 0 Å².